The molecule has 0 atom stereocenters. The summed E-state index contributed by atoms with van der Waals surface area (Å²) in [6.45, 7) is 5.25. The SMILES string of the molecule is Cc1ncc(C[n+]2csc(CCOCC=O)c2C)c(N)n1. The molecular weight excluding hydrogens is 288 g/mol. The van der Waals surface area contributed by atoms with Gasteiger partial charge in [-0.05, 0) is 6.92 Å². The van der Waals surface area contributed by atoms with Gasteiger partial charge in [0, 0.05) is 19.5 Å². The van der Waals surface area contributed by atoms with E-state index in [1.807, 2.05) is 6.92 Å². The number of aromatic nitrogens is 3. The van der Waals surface area contributed by atoms with Gasteiger partial charge >= 0.3 is 0 Å². The molecule has 0 amide bonds. The van der Waals surface area contributed by atoms with E-state index in [1.165, 1.54) is 10.6 Å². The van der Waals surface area contributed by atoms with E-state index < -0.39 is 0 Å². The first-order chi connectivity index (χ1) is 10.1. The van der Waals surface area contributed by atoms with Gasteiger partial charge < -0.3 is 15.3 Å². The van der Waals surface area contributed by atoms with Crippen LogP contribution < -0.4 is 10.3 Å². The summed E-state index contributed by atoms with van der Waals surface area (Å²) in [5.74, 6) is 1.20. The molecule has 2 aromatic rings. The third-order valence-electron chi connectivity index (χ3n) is 3.18. The second-order valence-corrected chi connectivity index (χ2v) is 5.62. The van der Waals surface area contributed by atoms with Crippen molar-refractivity contribution in [1.29, 1.82) is 0 Å². The Morgan fingerprint density at radius 1 is 1.48 bits per heavy atom. The van der Waals surface area contributed by atoms with Crippen molar-refractivity contribution >= 4 is 23.4 Å². The maximum atomic E-state index is 10.2. The molecule has 0 fully saturated rings. The Hall–Kier alpha value is -1.86. The molecule has 0 aromatic carbocycles. The highest BCUT2D eigenvalue weighted by Gasteiger charge is 2.17. The zero-order valence-electron chi connectivity index (χ0n) is 12.2. The van der Waals surface area contributed by atoms with E-state index in [0.717, 1.165) is 18.3 Å². The predicted octanol–water partition coefficient (Wildman–Crippen LogP) is 0.831. The number of anilines is 1. The Kier molecular flexibility index (Phi) is 5.35. The van der Waals surface area contributed by atoms with Crippen LogP contribution in [-0.2, 0) is 22.5 Å². The van der Waals surface area contributed by atoms with E-state index in [9.17, 15) is 4.79 Å². The van der Waals surface area contributed by atoms with Gasteiger partial charge in [-0.15, -0.1) is 0 Å². The van der Waals surface area contributed by atoms with Crippen molar-refractivity contribution in [2.75, 3.05) is 18.9 Å². The van der Waals surface area contributed by atoms with Gasteiger partial charge in [-0.25, -0.2) is 9.97 Å². The summed E-state index contributed by atoms with van der Waals surface area (Å²) in [6, 6.07) is 0. The van der Waals surface area contributed by atoms with Crippen molar-refractivity contribution < 1.29 is 14.1 Å². The summed E-state index contributed by atoms with van der Waals surface area (Å²) < 4.78 is 7.32. The monoisotopic (exact) mass is 307 g/mol. The van der Waals surface area contributed by atoms with Crippen LogP contribution in [0.4, 0.5) is 5.82 Å². The number of hydrogen-bond donors (Lipinski definition) is 1. The smallest absolute Gasteiger partial charge is 0.225 e. The summed E-state index contributed by atoms with van der Waals surface area (Å²) >= 11 is 1.68. The minimum Gasteiger partial charge on any atom is -0.383 e. The topological polar surface area (TPSA) is 82.0 Å². The number of ether oxygens (including phenoxy) is 1. The van der Waals surface area contributed by atoms with E-state index in [2.05, 4.69) is 27.0 Å². The highest BCUT2D eigenvalue weighted by Crippen LogP contribution is 2.14. The van der Waals surface area contributed by atoms with Crippen molar-refractivity contribution in [2.45, 2.75) is 26.8 Å². The lowest BCUT2D eigenvalue weighted by Crippen LogP contribution is -2.35. The Balaban J connectivity index is 2.04. The van der Waals surface area contributed by atoms with Gasteiger partial charge in [-0.2, -0.15) is 4.57 Å². The number of carbonyl (C=O) groups is 1. The molecule has 0 saturated carbocycles. The molecule has 0 aliphatic carbocycles. The van der Waals surface area contributed by atoms with E-state index in [4.69, 9.17) is 10.5 Å². The lowest BCUT2D eigenvalue weighted by molar-refractivity contribution is -0.689. The van der Waals surface area contributed by atoms with Crippen molar-refractivity contribution in [1.82, 2.24) is 9.97 Å². The van der Waals surface area contributed by atoms with Crippen molar-refractivity contribution in [3.05, 3.63) is 33.7 Å². The minimum absolute atomic E-state index is 0.154. The molecule has 7 heteroatoms. The number of rotatable bonds is 7. The number of thiazole rings is 1. The second-order valence-electron chi connectivity index (χ2n) is 4.68. The molecule has 21 heavy (non-hydrogen) atoms. The Bertz CT molecular complexity index is 627. The number of nitrogens with two attached hydrogens (primary N) is 1. The molecular formula is C14H19N4O2S+. The second kappa shape index (κ2) is 7.24. The third-order valence-corrected chi connectivity index (χ3v) is 4.32. The van der Waals surface area contributed by atoms with E-state index >= 15 is 0 Å². The molecule has 0 saturated heterocycles. The molecule has 0 unspecified atom stereocenters. The van der Waals surface area contributed by atoms with Gasteiger partial charge in [0.2, 0.25) is 5.51 Å². The zero-order valence-corrected chi connectivity index (χ0v) is 13.0. The lowest BCUT2D eigenvalue weighted by atomic mass is 10.2. The number of aldehydes is 1. The standard InChI is InChI=1S/C14H19N4O2S/c1-10-13(3-5-20-6-4-19)21-9-18(10)8-12-7-16-11(2)17-14(12)15/h4,7,9H,3,5-6,8H2,1-2H3,(H2,15,16,17)/q+1. The predicted molar refractivity (Wildman–Crippen MR) is 80.1 cm³/mol. The van der Waals surface area contributed by atoms with Gasteiger partial charge in [0.25, 0.3) is 0 Å². The van der Waals surface area contributed by atoms with Gasteiger partial charge in [0.05, 0.1) is 17.0 Å². The Morgan fingerprint density at radius 3 is 3.00 bits per heavy atom. The first-order valence-electron chi connectivity index (χ1n) is 6.67. The third kappa shape index (κ3) is 4.05. The average molecular weight is 307 g/mol. The van der Waals surface area contributed by atoms with Crippen LogP contribution in [-0.4, -0.2) is 29.5 Å². The Morgan fingerprint density at radius 2 is 2.29 bits per heavy atom. The fourth-order valence-electron chi connectivity index (χ4n) is 1.96. The number of nitrogen functional groups attached to an aromatic ring is 1. The fraction of sp³-hybridized carbons (Fsp3) is 0.429. The average Bonchev–Trinajstić information content (AvgIpc) is 2.79. The quantitative estimate of drug-likeness (QED) is 0.465. The van der Waals surface area contributed by atoms with Crippen LogP contribution in [0.25, 0.3) is 0 Å². The largest absolute Gasteiger partial charge is 0.383 e. The lowest BCUT2D eigenvalue weighted by Gasteiger charge is -2.02. The van der Waals surface area contributed by atoms with Gasteiger partial charge in [-0.1, -0.05) is 11.3 Å². The van der Waals surface area contributed by atoms with Crippen LogP contribution in [0.1, 0.15) is 22.0 Å². The van der Waals surface area contributed by atoms with Crippen LogP contribution in [0.15, 0.2) is 11.7 Å². The summed E-state index contributed by atoms with van der Waals surface area (Å²) in [7, 11) is 0. The van der Waals surface area contributed by atoms with E-state index in [-0.39, 0.29) is 6.61 Å². The zero-order chi connectivity index (χ0) is 15.2. The molecule has 2 rings (SSSR count). The fourth-order valence-corrected chi connectivity index (χ4v) is 2.94. The summed E-state index contributed by atoms with van der Waals surface area (Å²) in [4.78, 5) is 19.8. The number of aryl methyl sites for hydroxylation is 1. The molecule has 2 aromatic heterocycles. The van der Waals surface area contributed by atoms with Crippen LogP contribution in [0.3, 0.4) is 0 Å². The van der Waals surface area contributed by atoms with Crippen molar-refractivity contribution in [3.63, 3.8) is 0 Å². The maximum Gasteiger partial charge on any atom is 0.225 e. The normalized spacial score (nSPS) is 10.8. The molecule has 0 aliphatic rings. The number of carbonyl (C=O) groups excluding carboxylic acids is 1. The minimum atomic E-state index is 0.154. The first kappa shape index (κ1) is 15.5. The molecule has 0 spiro atoms. The molecule has 0 aliphatic heterocycles. The maximum absolute atomic E-state index is 10.2. The molecule has 0 radical (unpaired) electrons. The highest BCUT2D eigenvalue weighted by atomic mass is 32.1. The van der Waals surface area contributed by atoms with Crippen molar-refractivity contribution in [3.8, 4) is 0 Å². The molecule has 112 valence electrons. The van der Waals surface area contributed by atoms with Gasteiger partial charge in [0.1, 0.15) is 24.5 Å². The van der Waals surface area contributed by atoms with E-state index in [0.29, 0.717) is 24.8 Å². The number of nitrogens with zero attached hydrogens (tertiary/aromatic N) is 3. The summed E-state index contributed by atoms with van der Waals surface area (Å²) in [5, 5.41) is 0. The van der Waals surface area contributed by atoms with Gasteiger partial charge in [0.15, 0.2) is 12.2 Å². The molecule has 6 nitrogen and oxygen atoms in total. The van der Waals surface area contributed by atoms with Gasteiger partial charge in [-0.3, -0.25) is 0 Å². The van der Waals surface area contributed by atoms with Crippen LogP contribution in [0, 0.1) is 13.8 Å². The molecule has 0 bridgehead atoms. The van der Waals surface area contributed by atoms with Crippen LogP contribution in [0.2, 0.25) is 0 Å². The van der Waals surface area contributed by atoms with Crippen LogP contribution >= 0.6 is 11.3 Å². The number of hydrogen-bond acceptors (Lipinski definition) is 6. The van der Waals surface area contributed by atoms with E-state index in [1.54, 1.807) is 17.5 Å². The van der Waals surface area contributed by atoms with Crippen LogP contribution in [0.5, 0.6) is 0 Å². The molecule has 2 heterocycles. The van der Waals surface area contributed by atoms with Crippen molar-refractivity contribution in [2.24, 2.45) is 0 Å². The summed E-state index contributed by atoms with van der Waals surface area (Å²) in [5.41, 5.74) is 10.1. The first-order valence-corrected chi connectivity index (χ1v) is 7.55. The molecule has 2 N–H and O–H groups in total. The summed E-state index contributed by atoms with van der Waals surface area (Å²) in [6.07, 6.45) is 3.34. The highest BCUT2D eigenvalue weighted by molar-refractivity contribution is 7.09. The Labute approximate surface area is 127 Å².